The third-order valence-electron chi connectivity index (χ3n) is 4.80. The number of nitrogens with zero attached hydrogens (tertiary/aromatic N) is 2. The number of hydrogen-bond acceptors (Lipinski definition) is 5. The van der Waals surface area contributed by atoms with Gasteiger partial charge in [-0.3, -0.25) is 4.79 Å². The van der Waals surface area contributed by atoms with Gasteiger partial charge in [0.25, 0.3) is 5.91 Å². The molecule has 156 valence electrons. The lowest BCUT2D eigenvalue weighted by atomic mass is 10.2. The highest BCUT2D eigenvalue weighted by Crippen LogP contribution is 2.23. The number of hydrogen-bond donors (Lipinski definition) is 1. The number of rotatable bonds is 6. The Morgan fingerprint density at radius 1 is 1.14 bits per heavy atom. The fraction of sp³-hybridized carbons (Fsp3) is 0.400. The minimum atomic E-state index is -3.62. The van der Waals surface area contributed by atoms with E-state index in [9.17, 15) is 18.0 Å². The number of benzene rings is 1. The van der Waals surface area contributed by atoms with Gasteiger partial charge in [-0.15, -0.1) is 0 Å². The van der Waals surface area contributed by atoms with Gasteiger partial charge in [0.2, 0.25) is 10.0 Å². The molecule has 0 aliphatic carbocycles. The summed E-state index contributed by atoms with van der Waals surface area (Å²) in [6.07, 6.45) is 4.17. The molecule has 0 saturated carbocycles. The summed E-state index contributed by atoms with van der Waals surface area (Å²) in [5.74, 6) is -0.939. The molecule has 1 aliphatic heterocycles. The Balaban J connectivity index is 1.79. The number of carbonyl (C=O) groups is 2. The SMILES string of the molecule is CCOC(=O)c1cccc(NC(=O)c2cc(S(=O)(=O)N3CCCCC3)cn2C)c1. The Morgan fingerprint density at radius 3 is 2.55 bits per heavy atom. The van der Waals surface area contributed by atoms with Crippen LogP contribution in [0.5, 0.6) is 0 Å². The molecule has 1 fully saturated rings. The van der Waals surface area contributed by atoms with Crippen LogP contribution in [0.2, 0.25) is 0 Å². The summed E-state index contributed by atoms with van der Waals surface area (Å²) in [4.78, 5) is 24.7. The lowest BCUT2D eigenvalue weighted by Gasteiger charge is -2.25. The van der Waals surface area contributed by atoms with E-state index in [-0.39, 0.29) is 17.2 Å². The Bertz CT molecular complexity index is 1010. The van der Waals surface area contributed by atoms with Crippen LogP contribution in [0.25, 0.3) is 0 Å². The molecule has 2 aromatic rings. The number of carbonyl (C=O) groups excluding carboxylic acids is 2. The van der Waals surface area contributed by atoms with Crippen molar-refractivity contribution in [3.8, 4) is 0 Å². The molecule has 0 unspecified atom stereocenters. The molecule has 1 aromatic carbocycles. The van der Waals surface area contributed by atoms with Crippen LogP contribution < -0.4 is 5.32 Å². The van der Waals surface area contributed by atoms with Gasteiger partial charge in [-0.2, -0.15) is 4.31 Å². The molecular formula is C20H25N3O5S. The van der Waals surface area contributed by atoms with Gasteiger partial charge in [0.15, 0.2) is 0 Å². The van der Waals surface area contributed by atoms with Gasteiger partial charge in [0.05, 0.1) is 12.2 Å². The smallest absolute Gasteiger partial charge is 0.338 e. The maximum absolute atomic E-state index is 12.8. The van der Waals surface area contributed by atoms with E-state index in [2.05, 4.69) is 5.32 Å². The summed E-state index contributed by atoms with van der Waals surface area (Å²) in [5.41, 5.74) is 0.953. The maximum Gasteiger partial charge on any atom is 0.338 e. The number of piperidine rings is 1. The van der Waals surface area contributed by atoms with Crippen LogP contribution in [-0.4, -0.2) is 48.9 Å². The zero-order valence-corrected chi connectivity index (χ0v) is 17.4. The van der Waals surface area contributed by atoms with Gasteiger partial charge in [0.1, 0.15) is 10.6 Å². The first-order valence-corrected chi connectivity index (χ1v) is 11.0. The molecule has 1 amide bonds. The van der Waals surface area contributed by atoms with E-state index in [0.29, 0.717) is 24.3 Å². The van der Waals surface area contributed by atoms with Crippen molar-refractivity contribution >= 4 is 27.6 Å². The molecule has 8 nitrogen and oxygen atoms in total. The molecule has 0 radical (unpaired) electrons. The zero-order valence-electron chi connectivity index (χ0n) is 16.6. The summed E-state index contributed by atoms with van der Waals surface area (Å²) >= 11 is 0. The molecule has 0 atom stereocenters. The van der Waals surface area contributed by atoms with Gasteiger partial charge in [0, 0.05) is 32.0 Å². The van der Waals surface area contributed by atoms with Crippen molar-refractivity contribution in [2.24, 2.45) is 7.05 Å². The molecule has 1 N–H and O–H groups in total. The second kappa shape index (κ2) is 8.79. The summed E-state index contributed by atoms with van der Waals surface area (Å²) in [6, 6.07) is 7.78. The lowest BCUT2D eigenvalue weighted by molar-refractivity contribution is 0.0526. The minimum Gasteiger partial charge on any atom is -0.462 e. The van der Waals surface area contributed by atoms with Crippen LogP contribution >= 0.6 is 0 Å². The monoisotopic (exact) mass is 419 g/mol. The highest BCUT2D eigenvalue weighted by Gasteiger charge is 2.28. The van der Waals surface area contributed by atoms with Crippen molar-refractivity contribution in [3.63, 3.8) is 0 Å². The van der Waals surface area contributed by atoms with Crippen LogP contribution in [0.15, 0.2) is 41.4 Å². The first-order chi connectivity index (χ1) is 13.8. The average Bonchev–Trinajstić information content (AvgIpc) is 3.12. The second-order valence-corrected chi connectivity index (χ2v) is 8.83. The summed E-state index contributed by atoms with van der Waals surface area (Å²) in [5, 5.41) is 2.70. The van der Waals surface area contributed by atoms with Crippen molar-refractivity contribution in [2.45, 2.75) is 31.1 Å². The molecule has 9 heteroatoms. The number of ether oxygens (including phenoxy) is 1. The van der Waals surface area contributed by atoms with E-state index in [1.54, 1.807) is 32.2 Å². The highest BCUT2D eigenvalue weighted by atomic mass is 32.2. The Labute approximate surface area is 170 Å². The zero-order chi connectivity index (χ0) is 21.0. The van der Waals surface area contributed by atoms with E-state index < -0.39 is 21.9 Å². The van der Waals surface area contributed by atoms with Gasteiger partial charge in [-0.1, -0.05) is 12.5 Å². The van der Waals surface area contributed by atoms with Crippen molar-refractivity contribution in [1.29, 1.82) is 0 Å². The third kappa shape index (κ3) is 4.68. The highest BCUT2D eigenvalue weighted by molar-refractivity contribution is 7.89. The molecule has 1 saturated heterocycles. The van der Waals surface area contributed by atoms with Crippen LogP contribution in [0.1, 0.15) is 47.0 Å². The normalized spacial score (nSPS) is 15.1. The first-order valence-electron chi connectivity index (χ1n) is 9.58. The van der Waals surface area contributed by atoms with Gasteiger partial charge < -0.3 is 14.6 Å². The Morgan fingerprint density at radius 2 is 1.86 bits per heavy atom. The second-order valence-electron chi connectivity index (χ2n) is 6.89. The molecule has 1 aromatic heterocycles. The predicted octanol–water partition coefficient (Wildman–Crippen LogP) is 2.63. The van der Waals surface area contributed by atoms with E-state index in [4.69, 9.17) is 4.74 Å². The third-order valence-corrected chi connectivity index (χ3v) is 6.66. The largest absolute Gasteiger partial charge is 0.462 e. The molecule has 0 spiro atoms. The van der Waals surface area contributed by atoms with Crippen molar-refractivity contribution in [1.82, 2.24) is 8.87 Å². The predicted molar refractivity (Wildman–Crippen MR) is 108 cm³/mol. The molecular weight excluding hydrogens is 394 g/mol. The number of nitrogens with one attached hydrogen (secondary N) is 1. The molecule has 29 heavy (non-hydrogen) atoms. The number of esters is 1. The van der Waals surface area contributed by atoms with E-state index in [1.165, 1.54) is 27.2 Å². The molecule has 0 bridgehead atoms. The van der Waals surface area contributed by atoms with Crippen LogP contribution in [0, 0.1) is 0 Å². The van der Waals surface area contributed by atoms with Crippen molar-refractivity contribution in [3.05, 3.63) is 47.8 Å². The minimum absolute atomic E-state index is 0.104. The first kappa shape index (κ1) is 21.1. The van der Waals surface area contributed by atoms with Crippen molar-refractivity contribution in [2.75, 3.05) is 25.0 Å². The summed E-state index contributed by atoms with van der Waals surface area (Å²) < 4.78 is 33.6. The standard InChI is InChI=1S/C20H25N3O5S/c1-3-28-20(25)15-8-7-9-16(12-15)21-19(24)18-13-17(14-22(18)2)29(26,27)23-10-5-4-6-11-23/h7-9,12-14H,3-6,10-11H2,1-2H3,(H,21,24). The van der Waals surface area contributed by atoms with Crippen LogP contribution in [0.3, 0.4) is 0 Å². The number of aromatic nitrogens is 1. The van der Waals surface area contributed by atoms with E-state index in [0.717, 1.165) is 19.3 Å². The van der Waals surface area contributed by atoms with Crippen LogP contribution in [-0.2, 0) is 21.8 Å². The fourth-order valence-corrected chi connectivity index (χ4v) is 4.88. The van der Waals surface area contributed by atoms with Gasteiger partial charge in [-0.05, 0) is 44.0 Å². The maximum atomic E-state index is 12.8. The van der Waals surface area contributed by atoms with Gasteiger partial charge >= 0.3 is 5.97 Å². The lowest BCUT2D eigenvalue weighted by Crippen LogP contribution is -2.35. The molecule has 1 aliphatic rings. The number of amides is 1. The Kier molecular flexibility index (Phi) is 6.39. The van der Waals surface area contributed by atoms with E-state index >= 15 is 0 Å². The summed E-state index contributed by atoms with van der Waals surface area (Å²) in [7, 11) is -2.00. The number of aryl methyl sites for hydroxylation is 1. The van der Waals surface area contributed by atoms with Crippen LogP contribution in [0.4, 0.5) is 5.69 Å². The van der Waals surface area contributed by atoms with Crippen molar-refractivity contribution < 1.29 is 22.7 Å². The summed E-state index contributed by atoms with van der Waals surface area (Å²) in [6.45, 7) is 2.97. The quantitative estimate of drug-likeness (QED) is 0.726. The molecule has 3 rings (SSSR count). The number of sulfonamides is 1. The number of anilines is 1. The van der Waals surface area contributed by atoms with Gasteiger partial charge in [-0.25, -0.2) is 13.2 Å². The Hall–Kier alpha value is -2.65. The molecule has 2 heterocycles. The average molecular weight is 420 g/mol. The topological polar surface area (TPSA) is 97.7 Å². The van der Waals surface area contributed by atoms with E-state index in [1.807, 2.05) is 0 Å². The fourth-order valence-electron chi connectivity index (χ4n) is 3.29.